The molecule has 1 heterocycles. The lowest BCUT2D eigenvalue weighted by atomic mass is 10.0. The van der Waals surface area contributed by atoms with Crippen LogP contribution in [0.3, 0.4) is 0 Å². The molecule has 0 saturated carbocycles. The summed E-state index contributed by atoms with van der Waals surface area (Å²) in [7, 11) is 1.95. The van der Waals surface area contributed by atoms with Crippen LogP contribution >= 0.6 is 12.4 Å². The first-order valence-electron chi connectivity index (χ1n) is 5.00. The molecule has 0 amide bonds. The summed E-state index contributed by atoms with van der Waals surface area (Å²) in [6.07, 6.45) is 1.81. The van der Waals surface area contributed by atoms with E-state index in [-0.39, 0.29) is 12.4 Å². The molecule has 4 heteroatoms. The Hall–Kier alpha value is -1.32. The van der Waals surface area contributed by atoms with E-state index >= 15 is 0 Å². The number of rotatable bonds is 2. The van der Waals surface area contributed by atoms with Gasteiger partial charge >= 0.3 is 0 Å². The molecule has 0 unspecified atom stereocenters. The van der Waals surface area contributed by atoms with Gasteiger partial charge in [-0.3, -0.25) is 4.68 Å². The van der Waals surface area contributed by atoms with Gasteiger partial charge in [-0.25, -0.2) is 0 Å². The molecule has 0 aliphatic heterocycles. The van der Waals surface area contributed by atoms with Crippen LogP contribution in [0.5, 0.6) is 0 Å². The first-order chi connectivity index (χ1) is 7.22. The van der Waals surface area contributed by atoms with Crippen LogP contribution in [-0.2, 0) is 13.6 Å². The van der Waals surface area contributed by atoms with Crippen LogP contribution in [0.4, 0.5) is 0 Å². The summed E-state index contributed by atoms with van der Waals surface area (Å²) in [6.45, 7) is 2.67. The van der Waals surface area contributed by atoms with Gasteiger partial charge in [0.15, 0.2) is 0 Å². The van der Waals surface area contributed by atoms with Crippen molar-refractivity contribution < 1.29 is 0 Å². The molecule has 2 rings (SSSR count). The number of nitrogens with two attached hydrogens (primary N) is 1. The Bertz CT molecular complexity index is 477. The van der Waals surface area contributed by atoms with Gasteiger partial charge in [-0.2, -0.15) is 5.10 Å². The largest absolute Gasteiger partial charge is 0.326 e. The number of hydrogen-bond donors (Lipinski definition) is 1. The Morgan fingerprint density at radius 1 is 1.31 bits per heavy atom. The zero-order valence-electron chi connectivity index (χ0n) is 9.47. The second-order valence-corrected chi connectivity index (χ2v) is 3.69. The van der Waals surface area contributed by atoms with Crippen LogP contribution in [0.25, 0.3) is 11.3 Å². The number of halogens is 1. The molecular weight excluding hydrogens is 222 g/mol. The average Bonchev–Trinajstić information content (AvgIpc) is 2.65. The second-order valence-electron chi connectivity index (χ2n) is 3.69. The summed E-state index contributed by atoms with van der Waals surface area (Å²) in [6, 6.07) is 8.31. The monoisotopic (exact) mass is 237 g/mol. The zero-order chi connectivity index (χ0) is 10.8. The van der Waals surface area contributed by atoms with Gasteiger partial charge in [0.25, 0.3) is 0 Å². The maximum Gasteiger partial charge on any atom is 0.0681 e. The van der Waals surface area contributed by atoms with Crippen LogP contribution in [0.15, 0.2) is 30.5 Å². The molecule has 0 fully saturated rings. The Kier molecular flexibility index (Phi) is 4.10. The van der Waals surface area contributed by atoms with Crippen molar-refractivity contribution >= 4 is 12.4 Å². The topological polar surface area (TPSA) is 43.8 Å². The van der Waals surface area contributed by atoms with E-state index in [9.17, 15) is 0 Å². The molecule has 0 saturated heterocycles. The molecular formula is C12H16ClN3. The predicted molar refractivity (Wildman–Crippen MR) is 68.5 cm³/mol. The summed E-state index contributed by atoms with van der Waals surface area (Å²) in [5, 5.41) is 4.18. The lowest BCUT2D eigenvalue weighted by molar-refractivity contribution is 0.775. The van der Waals surface area contributed by atoms with Gasteiger partial charge in [0.1, 0.15) is 0 Å². The summed E-state index contributed by atoms with van der Waals surface area (Å²) >= 11 is 0. The Morgan fingerprint density at radius 2 is 2.06 bits per heavy atom. The third-order valence-electron chi connectivity index (χ3n) is 2.63. The number of aryl methyl sites for hydroxylation is 2. The van der Waals surface area contributed by atoms with E-state index in [4.69, 9.17) is 5.73 Å². The second kappa shape index (κ2) is 5.14. The van der Waals surface area contributed by atoms with Crippen molar-refractivity contribution in [2.24, 2.45) is 12.8 Å². The minimum Gasteiger partial charge on any atom is -0.326 e. The van der Waals surface area contributed by atoms with E-state index in [0.29, 0.717) is 6.54 Å². The average molecular weight is 238 g/mol. The third-order valence-corrected chi connectivity index (χ3v) is 2.63. The van der Waals surface area contributed by atoms with Crippen molar-refractivity contribution in [2.75, 3.05) is 0 Å². The third kappa shape index (κ3) is 2.26. The van der Waals surface area contributed by atoms with Crippen LogP contribution < -0.4 is 5.73 Å². The van der Waals surface area contributed by atoms with Crippen LogP contribution in [0, 0.1) is 6.92 Å². The SMILES string of the molecule is Cc1ccc(CN)cc1-c1ccnn1C.Cl. The molecule has 0 aliphatic carbocycles. The number of benzene rings is 1. The fraction of sp³-hybridized carbons (Fsp3) is 0.250. The van der Waals surface area contributed by atoms with E-state index in [1.165, 1.54) is 11.1 Å². The van der Waals surface area contributed by atoms with Crippen LogP contribution in [-0.4, -0.2) is 9.78 Å². The number of aromatic nitrogens is 2. The summed E-state index contributed by atoms with van der Waals surface area (Å²) in [5.41, 5.74) is 10.4. The van der Waals surface area contributed by atoms with Crippen molar-refractivity contribution in [3.05, 3.63) is 41.6 Å². The first-order valence-corrected chi connectivity index (χ1v) is 5.00. The molecule has 2 aromatic rings. The molecule has 3 nitrogen and oxygen atoms in total. The van der Waals surface area contributed by atoms with Crippen molar-refractivity contribution in [1.29, 1.82) is 0 Å². The Labute approximate surface area is 102 Å². The van der Waals surface area contributed by atoms with Crippen LogP contribution in [0.1, 0.15) is 11.1 Å². The molecule has 1 aromatic carbocycles. The lowest BCUT2D eigenvalue weighted by Gasteiger charge is -2.08. The molecule has 0 aliphatic rings. The van der Waals surface area contributed by atoms with Gasteiger partial charge in [-0.05, 0) is 30.2 Å². The molecule has 0 spiro atoms. The van der Waals surface area contributed by atoms with Gasteiger partial charge in [0.2, 0.25) is 0 Å². The fourth-order valence-electron chi connectivity index (χ4n) is 1.71. The van der Waals surface area contributed by atoms with Crippen molar-refractivity contribution in [2.45, 2.75) is 13.5 Å². The van der Waals surface area contributed by atoms with E-state index in [0.717, 1.165) is 11.3 Å². The first kappa shape index (κ1) is 12.7. The van der Waals surface area contributed by atoms with E-state index in [1.807, 2.05) is 24.0 Å². The normalized spacial score (nSPS) is 9.94. The van der Waals surface area contributed by atoms with Gasteiger partial charge in [0.05, 0.1) is 5.69 Å². The van der Waals surface area contributed by atoms with E-state index in [1.54, 1.807) is 0 Å². The molecule has 86 valence electrons. The molecule has 16 heavy (non-hydrogen) atoms. The highest BCUT2D eigenvalue weighted by Gasteiger charge is 2.06. The minimum absolute atomic E-state index is 0. The molecule has 0 bridgehead atoms. The Morgan fingerprint density at radius 3 is 2.62 bits per heavy atom. The highest BCUT2D eigenvalue weighted by atomic mass is 35.5. The smallest absolute Gasteiger partial charge is 0.0681 e. The quantitative estimate of drug-likeness (QED) is 0.871. The van der Waals surface area contributed by atoms with E-state index < -0.39 is 0 Å². The molecule has 2 N–H and O–H groups in total. The predicted octanol–water partition coefficient (Wildman–Crippen LogP) is 2.28. The van der Waals surface area contributed by atoms with E-state index in [2.05, 4.69) is 30.2 Å². The van der Waals surface area contributed by atoms with Crippen molar-refractivity contribution in [3.8, 4) is 11.3 Å². The maximum absolute atomic E-state index is 5.64. The van der Waals surface area contributed by atoms with Crippen LogP contribution in [0.2, 0.25) is 0 Å². The number of nitrogens with zero attached hydrogens (tertiary/aromatic N) is 2. The summed E-state index contributed by atoms with van der Waals surface area (Å²) in [4.78, 5) is 0. The molecule has 1 aromatic heterocycles. The van der Waals surface area contributed by atoms with Gasteiger partial charge < -0.3 is 5.73 Å². The van der Waals surface area contributed by atoms with Gasteiger partial charge in [-0.1, -0.05) is 12.1 Å². The van der Waals surface area contributed by atoms with Gasteiger partial charge in [0, 0.05) is 25.4 Å². The highest BCUT2D eigenvalue weighted by molar-refractivity contribution is 5.85. The van der Waals surface area contributed by atoms with Gasteiger partial charge in [-0.15, -0.1) is 12.4 Å². The maximum atomic E-state index is 5.64. The summed E-state index contributed by atoms with van der Waals surface area (Å²) < 4.78 is 1.88. The lowest BCUT2D eigenvalue weighted by Crippen LogP contribution is -1.99. The zero-order valence-corrected chi connectivity index (χ0v) is 10.3. The fourth-order valence-corrected chi connectivity index (χ4v) is 1.71. The van der Waals surface area contributed by atoms with Crippen molar-refractivity contribution in [1.82, 2.24) is 9.78 Å². The standard InChI is InChI=1S/C12H15N3.ClH/c1-9-3-4-10(8-13)7-11(9)12-5-6-14-15(12)2;/h3-7H,8,13H2,1-2H3;1H. The van der Waals surface area contributed by atoms with Crippen molar-refractivity contribution in [3.63, 3.8) is 0 Å². The minimum atomic E-state index is 0. The highest BCUT2D eigenvalue weighted by Crippen LogP contribution is 2.23. The Balaban J connectivity index is 0.00000128. The summed E-state index contributed by atoms with van der Waals surface area (Å²) in [5.74, 6) is 0. The molecule has 0 radical (unpaired) electrons. The molecule has 0 atom stereocenters. The number of hydrogen-bond acceptors (Lipinski definition) is 2.